The molecule has 0 aliphatic carbocycles. The van der Waals surface area contributed by atoms with Gasteiger partial charge in [-0.2, -0.15) is 0 Å². The van der Waals surface area contributed by atoms with Crippen LogP contribution in [0.25, 0.3) is 10.8 Å². The van der Waals surface area contributed by atoms with Crippen molar-refractivity contribution in [3.8, 4) is 0 Å². The minimum atomic E-state index is 0.0220. The van der Waals surface area contributed by atoms with Crippen LogP contribution in [0.3, 0.4) is 0 Å². The summed E-state index contributed by atoms with van der Waals surface area (Å²) in [6, 6.07) is 14.8. The van der Waals surface area contributed by atoms with E-state index < -0.39 is 0 Å². The molecule has 1 fully saturated rings. The van der Waals surface area contributed by atoms with Crippen molar-refractivity contribution in [2.24, 2.45) is 5.92 Å². The number of carbonyl (C=O) groups excluding carboxylic acids is 2. The van der Waals surface area contributed by atoms with E-state index in [1.165, 1.54) is 16.3 Å². The van der Waals surface area contributed by atoms with Crippen molar-refractivity contribution in [2.75, 3.05) is 40.8 Å². The van der Waals surface area contributed by atoms with Crippen molar-refractivity contribution in [3.63, 3.8) is 0 Å². The van der Waals surface area contributed by atoms with Crippen LogP contribution < -0.4 is 0 Å². The van der Waals surface area contributed by atoms with Crippen LogP contribution in [0.5, 0.6) is 0 Å². The molecule has 0 atom stereocenters. The molecule has 27 heavy (non-hydrogen) atoms. The first-order chi connectivity index (χ1) is 13.0. The van der Waals surface area contributed by atoms with Crippen LogP contribution in [0.2, 0.25) is 0 Å². The highest BCUT2D eigenvalue weighted by atomic mass is 16.2. The average molecular weight is 367 g/mol. The molecule has 144 valence electrons. The summed E-state index contributed by atoms with van der Waals surface area (Å²) >= 11 is 0. The van der Waals surface area contributed by atoms with Crippen LogP contribution in [-0.4, -0.2) is 67.4 Å². The topological polar surface area (TPSA) is 43.9 Å². The molecule has 0 aromatic heterocycles. The van der Waals surface area contributed by atoms with Crippen LogP contribution in [0.4, 0.5) is 4.79 Å². The molecule has 0 unspecified atom stereocenters. The number of nitrogens with zero attached hydrogens (tertiary/aromatic N) is 3. The van der Waals surface area contributed by atoms with E-state index in [0.29, 0.717) is 19.6 Å². The Labute approximate surface area is 161 Å². The third-order valence-electron chi connectivity index (χ3n) is 5.47. The fraction of sp³-hybridized carbons (Fsp3) is 0.455. The molecule has 0 bridgehead atoms. The third-order valence-corrected chi connectivity index (χ3v) is 5.47. The Morgan fingerprint density at radius 1 is 1.00 bits per heavy atom. The second-order valence-corrected chi connectivity index (χ2v) is 7.59. The highest BCUT2D eigenvalue weighted by molar-refractivity contribution is 5.85. The molecular formula is C22H29N3O2. The van der Waals surface area contributed by atoms with Gasteiger partial charge >= 0.3 is 6.03 Å². The molecule has 0 radical (unpaired) electrons. The van der Waals surface area contributed by atoms with E-state index in [1.807, 2.05) is 16.8 Å². The van der Waals surface area contributed by atoms with E-state index in [2.05, 4.69) is 42.5 Å². The molecule has 1 aliphatic heterocycles. The Bertz CT molecular complexity index is 805. The van der Waals surface area contributed by atoms with Gasteiger partial charge in [0.25, 0.3) is 0 Å². The van der Waals surface area contributed by atoms with Gasteiger partial charge < -0.3 is 14.7 Å². The van der Waals surface area contributed by atoms with E-state index in [1.54, 1.807) is 19.0 Å². The van der Waals surface area contributed by atoms with Crippen LogP contribution in [0, 0.1) is 5.92 Å². The van der Waals surface area contributed by atoms with Gasteiger partial charge in [0.2, 0.25) is 5.91 Å². The second-order valence-electron chi connectivity index (χ2n) is 7.59. The fourth-order valence-corrected chi connectivity index (χ4v) is 3.82. The molecule has 3 rings (SSSR count). The standard InChI is InChI=1S/C22H29N3O2/c1-23(2)22(27)25-15-12-19(13-16-25)21(26)24(3)14-11-18-9-6-8-17-7-4-5-10-20(17)18/h4-10,19H,11-16H2,1-3H3. The minimum absolute atomic E-state index is 0.0220. The Kier molecular flexibility index (Phi) is 5.99. The summed E-state index contributed by atoms with van der Waals surface area (Å²) in [4.78, 5) is 30.1. The molecule has 2 aromatic rings. The van der Waals surface area contributed by atoms with Crippen molar-refractivity contribution in [2.45, 2.75) is 19.3 Å². The number of likely N-dealkylation sites (N-methyl/N-ethyl adjacent to an activating group) is 1. The molecule has 1 heterocycles. The Morgan fingerprint density at radius 3 is 2.37 bits per heavy atom. The van der Waals surface area contributed by atoms with Gasteiger partial charge in [0.15, 0.2) is 0 Å². The van der Waals surface area contributed by atoms with Gasteiger partial charge in [0, 0.05) is 46.7 Å². The van der Waals surface area contributed by atoms with Crippen molar-refractivity contribution in [1.29, 1.82) is 0 Å². The summed E-state index contributed by atoms with van der Waals surface area (Å²) in [5.74, 6) is 0.223. The largest absolute Gasteiger partial charge is 0.345 e. The van der Waals surface area contributed by atoms with Crippen molar-refractivity contribution in [3.05, 3.63) is 48.0 Å². The minimum Gasteiger partial charge on any atom is -0.345 e. The first-order valence-corrected chi connectivity index (χ1v) is 9.65. The smallest absolute Gasteiger partial charge is 0.319 e. The molecule has 5 nitrogen and oxygen atoms in total. The lowest BCUT2D eigenvalue weighted by atomic mass is 9.95. The fourth-order valence-electron chi connectivity index (χ4n) is 3.82. The summed E-state index contributed by atoms with van der Waals surface area (Å²) in [5, 5.41) is 2.50. The zero-order valence-corrected chi connectivity index (χ0v) is 16.5. The Hall–Kier alpha value is -2.56. The molecule has 5 heteroatoms. The molecule has 1 saturated heterocycles. The summed E-state index contributed by atoms with van der Waals surface area (Å²) in [6.45, 7) is 2.03. The van der Waals surface area contributed by atoms with E-state index in [0.717, 1.165) is 19.3 Å². The highest BCUT2D eigenvalue weighted by Crippen LogP contribution is 2.22. The van der Waals surface area contributed by atoms with Gasteiger partial charge in [-0.15, -0.1) is 0 Å². The van der Waals surface area contributed by atoms with Crippen LogP contribution in [0.15, 0.2) is 42.5 Å². The lowest BCUT2D eigenvalue weighted by Crippen LogP contribution is -2.46. The predicted octanol–water partition coefficient (Wildman–Crippen LogP) is 3.23. The second kappa shape index (κ2) is 8.42. The molecule has 0 N–H and O–H groups in total. The van der Waals surface area contributed by atoms with Crippen LogP contribution in [0.1, 0.15) is 18.4 Å². The summed E-state index contributed by atoms with van der Waals surface area (Å²) < 4.78 is 0. The van der Waals surface area contributed by atoms with Crippen LogP contribution in [-0.2, 0) is 11.2 Å². The zero-order valence-electron chi connectivity index (χ0n) is 16.5. The Balaban J connectivity index is 1.55. The maximum Gasteiger partial charge on any atom is 0.319 e. The molecule has 2 aromatic carbocycles. The normalized spacial score (nSPS) is 15.0. The van der Waals surface area contributed by atoms with Gasteiger partial charge in [-0.3, -0.25) is 4.79 Å². The first-order valence-electron chi connectivity index (χ1n) is 9.65. The number of benzene rings is 2. The van der Waals surface area contributed by atoms with Gasteiger partial charge in [-0.1, -0.05) is 42.5 Å². The summed E-state index contributed by atoms with van der Waals surface area (Å²) in [7, 11) is 5.42. The van der Waals surface area contributed by atoms with Crippen molar-refractivity contribution >= 4 is 22.7 Å². The number of carbonyl (C=O) groups is 2. The molecule has 0 saturated carbocycles. The van der Waals surface area contributed by atoms with E-state index in [-0.39, 0.29) is 17.9 Å². The van der Waals surface area contributed by atoms with Gasteiger partial charge in [-0.25, -0.2) is 4.79 Å². The summed E-state index contributed by atoms with van der Waals surface area (Å²) in [6.07, 6.45) is 2.34. The number of likely N-dealkylation sites (tertiary alicyclic amines) is 1. The lowest BCUT2D eigenvalue weighted by molar-refractivity contribution is -0.135. The van der Waals surface area contributed by atoms with E-state index in [4.69, 9.17) is 0 Å². The average Bonchev–Trinajstić information content (AvgIpc) is 2.70. The number of hydrogen-bond acceptors (Lipinski definition) is 2. The molecular weight excluding hydrogens is 338 g/mol. The number of hydrogen-bond donors (Lipinski definition) is 0. The molecule has 0 spiro atoms. The Morgan fingerprint density at radius 2 is 1.67 bits per heavy atom. The maximum absolute atomic E-state index is 12.8. The summed E-state index contributed by atoms with van der Waals surface area (Å²) in [5.41, 5.74) is 1.28. The van der Waals surface area contributed by atoms with Crippen molar-refractivity contribution in [1.82, 2.24) is 14.7 Å². The lowest BCUT2D eigenvalue weighted by Gasteiger charge is -2.34. The quantitative estimate of drug-likeness (QED) is 0.833. The number of fused-ring (bicyclic) bond motifs is 1. The van der Waals surface area contributed by atoms with E-state index >= 15 is 0 Å². The van der Waals surface area contributed by atoms with Crippen LogP contribution >= 0.6 is 0 Å². The number of piperidine rings is 1. The van der Waals surface area contributed by atoms with E-state index in [9.17, 15) is 9.59 Å². The SMILES string of the molecule is CN(C)C(=O)N1CCC(C(=O)N(C)CCc2cccc3ccccc23)CC1. The van der Waals surface area contributed by atoms with Gasteiger partial charge in [-0.05, 0) is 35.6 Å². The molecule has 1 aliphatic rings. The highest BCUT2D eigenvalue weighted by Gasteiger charge is 2.29. The monoisotopic (exact) mass is 367 g/mol. The molecule has 3 amide bonds. The predicted molar refractivity (Wildman–Crippen MR) is 109 cm³/mol. The zero-order chi connectivity index (χ0) is 19.4. The van der Waals surface area contributed by atoms with Gasteiger partial charge in [0.05, 0.1) is 0 Å². The van der Waals surface area contributed by atoms with Crippen molar-refractivity contribution < 1.29 is 9.59 Å². The maximum atomic E-state index is 12.8. The number of urea groups is 1. The number of rotatable bonds is 4. The first kappa shape index (κ1) is 19.2. The van der Waals surface area contributed by atoms with Gasteiger partial charge in [0.1, 0.15) is 0 Å². The number of amides is 3. The third kappa shape index (κ3) is 4.41.